The zero-order valence-electron chi connectivity index (χ0n) is 25.3. The van der Waals surface area contributed by atoms with E-state index in [1.54, 1.807) is 12.1 Å². The molecule has 15 heteroatoms. The van der Waals surface area contributed by atoms with E-state index in [0.29, 0.717) is 29.2 Å². The molecule has 2 fully saturated rings. The normalized spacial score (nSPS) is 20.6. The molecule has 2 aromatic carbocycles. The van der Waals surface area contributed by atoms with Gasteiger partial charge in [0.1, 0.15) is 16.5 Å². The number of nitrogens with one attached hydrogen (secondary N) is 2. The highest BCUT2D eigenvalue weighted by molar-refractivity contribution is 7.91. The number of nitrogens with zero attached hydrogens (tertiary/aromatic N) is 1. The van der Waals surface area contributed by atoms with Gasteiger partial charge in [0.2, 0.25) is 0 Å². The van der Waals surface area contributed by atoms with E-state index < -0.39 is 43.0 Å². The highest BCUT2D eigenvalue weighted by Gasteiger charge is 2.32. The zero-order valence-corrected chi connectivity index (χ0v) is 27.8. The second-order valence-electron chi connectivity index (χ2n) is 11.6. The fourth-order valence-electron chi connectivity index (χ4n) is 6.05. The molecule has 1 aliphatic carbocycles. The van der Waals surface area contributed by atoms with Gasteiger partial charge in [0.05, 0.1) is 52.5 Å². The minimum Gasteiger partial charge on any atom is -0.495 e. The number of hydrogen-bond acceptors (Lipinski definition) is 9. The number of alkyl halides is 3. The molecule has 0 radical (unpaired) electrons. The van der Waals surface area contributed by atoms with E-state index in [4.69, 9.17) is 4.74 Å². The van der Waals surface area contributed by atoms with Crippen molar-refractivity contribution in [3.8, 4) is 17.6 Å². The monoisotopic (exact) mass is 701 g/mol. The van der Waals surface area contributed by atoms with Gasteiger partial charge < -0.3 is 15.4 Å². The van der Waals surface area contributed by atoms with E-state index >= 15 is 0 Å². The Morgan fingerprint density at radius 2 is 1.78 bits per heavy atom. The number of rotatable bonds is 8. The van der Waals surface area contributed by atoms with Crippen molar-refractivity contribution in [2.24, 2.45) is 0 Å². The lowest BCUT2D eigenvalue weighted by Gasteiger charge is -2.39. The number of halogens is 4. The molecular formula is C31H35F4N3O5S3. The van der Waals surface area contributed by atoms with Gasteiger partial charge >= 0.3 is 6.18 Å². The largest absolute Gasteiger partial charge is 0.495 e. The van der Waals surface area contributed by atoms with Crippen LogP contribution in [-0.2, 0) is 26.1 Å². The Labute approximate surface area is 270 Å². The number of sulfone groups is 2. The van der Waals surface area contributed by atoms with E-state index in [9.17, 15) is 34.4 Å². The van der Waals surface area contributed by atoms with Crippen LogP contribution < -0.4 is 15.4 Å². The molecule has 3 aromatic rings. The zero-order chi connectivity index (χ0) is 33.3. The molecule has 1 saturated carbocycles. The van der Waals surface area contributed by atoms with Crippen LogP contribution in [0.5, 0.6) is 5.75 Å². The molecule has 1 saturated heterocycles. The van der Waals surface area contributed by atoms with Gasteiger partial charge in [0.15, 0.2) is 19.7 Å². The smallest absolute Gasteiger partial charge is 0.393 e. The third kappa shape index (κ3) is 8.26. The van der Waals surface area contributed by atoms with E-state index in [1.165, 1.54) is 18.4 Å². The maximum absolute atomic E-state index is 14.5. The molecule has 2 aliphatic rings. The summed E-state index contributed by atoms with van der Waals surface area (Å²) in [4.78, 5) is 2.02. The first-order valence-electron chi connectivity index (χ1n) is 14.8. The van der Waals surface area contributed by atoms with Crippen molar-refractivity contribution in [2.45, 2.75) is 55.3 Å². The summed E-state index contributed by atoms with van der Waals surface area (Å²) >= 11 is 1.18. The summed E-state index contributed by atoms with van der Waals surface area (Å²) in [5.41, 5.74) is 0.990. The summed E-state index contributed by atoms with van der Waals surface area (Å²) in [6, 6.07) is 7.76. The van der Waals surface area contributed by atoms with Crippen LogP contribution in [0.3, 0.4) is 0 Å². The average Bonchev–Trinajstić information content (AvgIpc) is 3.32. The van der Waals surface area contributed by atoms with Crippen molar-refractivity contribution < 1.29 is 39.1 Å². The molecular weight excluding hydrogens is 667 g/mol. The first-order valence-corrected chi connectivity index (χ1v) is 19.3. The van der Waals surface area contributed by atoms with Gasteiger partial charge in [0, 0.05) is 43.6 Å². The Hall–Kier alpha value is -3.06. The molecule has 0 amide bonds. The molecule has 1 aromatic heterocycles. The molecule has 0 spiro atoms. The van der Waals surface area contributed by atoms with E-state index in [2.05, 4.69) is 27.4 Å². The van der Waals surface area contributed by atoms with Crippen molar-refractivity contribution in [1.82, 2.24) is 4.90 Å². The molecule has 2 heterocycles. The Bertz CT molecular complexity index is 1860. The third-order valence-corrected chi connectivity index (χ3v) is 12.3. The maximum Gasteiger partial charge on any atom is 0.393 e. The lowest BCUT2D eigenvalue weighted by molar-refractivity contribution is -0.126. The van der Waals surface area contributed by atoms with Crippen LogP contribution in [0.15, 0.2) is 35.2 Å². The van der Waals surface area contributed by atoms with Gasteiger partial charge in [-0.15, -0.1) is 11.3 Å². The van der Waals surface area contributed by atoms with Crippen LogP contribution in [0.2, 0.25) is 0 Å². The number of benzene rings is 2. The highest BCUT2D eigenvalue weighted by atomic mass is 32.2. The summed E-state index contributed by atoms with van der Waals surface area (Å²) in [7, 11) is -5.47. The predicted molar refractivity (Wildman–Crippen MR) is 173 cm³/mol. The second-order valence-corrected chi connectivity index (χ2v) is 16.9. The van der Waals surface area contributed by atoms with Gasteiger partial charge in [-0.05, 0) is 42.7 Å². The minimum atomic E-state index is -4.45. The SMILES string of the molecule is COc1cc(S(C)(=O)=O)c(F)cc1NCC#Cc1sc2c(NC3CCC(N4CCS(=O)(=O)CC4)CC3)cccc2c1CC(F)(F)F. The molecule has 46 heavy (non-hydrogen) atoms. The molecule has 8 nitrogen and oxygen atoms in total. The summed E-state index contributed by atoms with van der Waals surface area (Å²) in [6.07, 6.45) is -1.18. The Morgan fingerprint density at radius 1 is 1.09 bits per heavy atom. The van der Waals surface area contributed by atoms with Gasteiger partial charge in [-0.3, -0.25) is 4.90 Å². The number of hydrogen-bond donors (Lipinski definition) is 2. The molecule has 2 N–H and O–H groups in total. The lowest BCUT2D eigenvalue weighted by Crippen LogP contribution is -2.48. The first kappa shape index (κ1) is 34.3. The van der Waals surface area contributed by atoms with Crippen LogP contribution in [0, 0.1) is 17.7 Å². The van der Waals surface area contributed by atoms with Crippen molar-refractivity contribution >= 4 is 52.5 Å². The van der Waals surface area contributed by atoms with Crippen LogP contribution in [0.4, 0.5) is 28.9 Å². The highest BCUT2D eigenvalue weighted by Crippen LogP contribution is 2.40. The maximum atomic E-state index is 14.5. The summed E-state index contributed by atoms with van der Waals surface area (Å²) in [5.74, 6) is 5.18. The molecule has 1 aliphatic heterocycles. The fraction of sp³-hybridized carbons (Fsp3) is 0.484. The number of fused-ring (bicyclic) bond motifs is 1. The van der Waals surface area contributed by atoms with Gasteiger partial charge in [0.25, 0.3) is 0 Å². The van der Waals surface area contributed by atoms with Gasteiger partial charge in [-0.1, -0.05) is 24.0 Å². The molecule has 250 valence electrons. The van der Waals surface area contributed by atoms with Crippen LogP contribution in [0.1, 0.15) is 36.1 Å². The number of ether oxygens (including phenoxy) is 1. The van der Waals surface area contributed by atoms with E-state index in [0.717, 1.165) is 49.8 Å². The van der Waals surface area contributed by atoms with Crippen molar-refractivity contribution in [3.05, 3.63) is 46.6 Å². The Balaban J connectivity index is 1.32. The summed E-state index contributed by atoms with van der Waals surface area (Å²) in [6.45, 7) is 1.05. The number of methoxy groups -OCH3 is 1. The van der Waals surface area contributed by atoms with Gasteiger partial charge in [-0.2, -0.15) is 13.2 Å². The average molecular weight is 702 g/mol. The topological polar surface area (TPSA) is 105 Å². The molecule has 0 atom stereocenters. The van der Waals surface area contributed by atoms with Crippen LogP contribution >= 0.6 is 11.3 Å². The van der Waals surface area contributed by atoms with E-state index in [1.807, 2.05) is 6.07 Å². The lowest BCUT2D eigenvalue weighted by atomic mass is 9.90. The fourth-order valence-corrected chi connectivity index (χ4v) is 9.18. The van der Waals surface area contributed by atoms with Crippen molar-refractivity contribution in [1.29, 1.82) is 0 Å². The van der Waals surface area contributed by atoms with Crippen LogP contribution in [-0.4, -0.2) is 84.5 Å². The number of thiophene rings is 1. The minimum absolute atomic E-state index is 0.0645. The van der Waals surface area contributed by atoms with Crippen LogP contribution in [0.25, 0.3) is 10.1 Å². The van der Waals surface area contributed by atoms with Crippen molar-refractivity contribution in [2.75, 3.05) is 55.1 Å². The Kier molecular flexibility index (Phi) is 10.1. The number of anilines is 2. The quantitative estimate of drug-likeness (QED) is 0.236. The predicted octanol–water partition coefficient (Wildman–Crippen LogP) is 5.47. The standard InChI is InChI=1S/C31H35F4N3O5S3/c1-43-27-18-29(45(2,39)40)24(32)17-26(27)36-12-4-7-28-23(19-31(33,34)35)22-5-3-6-25(30(22)44-28)37-20-8-10-21(11-9-20)38-13-15-46(41,42)16-14-38/h3,5-6,17-18,20-21,36-37H,8-16,19H2,1-2H3. The molecule has 0 bridgehead atoms. The molecule has 0 unspecified atom stereocenters. The van der Waals surface area contributed by atoms with E-state index in [-0.39, 0.29) is 46.0 Å². The van der Waals surface area contributed by atoms with Crippen molar-refractivity contribution in [3.63, 3.8) is 0 Å². The summed E-state index contributed by atoms with van der Waals surface area (Å²) in [5, 5.41) is 6.88. The van der Waals surface area contributed by atoms with Gasteiger partial charge in [-0.25, -0.2) is 21.2 Å². The first-order chi connectivity index (χ1) is 21.6. The molecule has 5 rings (SSSR count). The third-order valence-electron chi connectivity index (χ3n) is 8.37. The summed E-state index contributed by atoms with van der Waals surface area (Å²) < 4.78 is 109. The second kappa shape index (κ2) is 13.6. The Morgan fingerprint density at radius 3 is 2.41 bits per heavy atom.